The quantitative estimate of drug-likeness (QED) is 0.838. The second kappa shape index (κ2) is 5.00. The van der Waals surface area contributed by atoms with Gasteiger partial charge in [0.05, 0.1) is 18.7 Å². The summed E-state index contributed by atoms with van der Waals surface area (Å²) >= 11 is 3.31. The van der Waals surface area contributed by atoms with E-state index in [2.05, 4.69) is 25.9 Å². The predicted molar refractivity (Wildman–Crippen MR) is 65.6 cm³/mol. The molecule has 1 amide bonds. The number of nitrogens with two attached hydrogens (primary N) is 1. The highest BCUT2D eigenvalue weighted by atomic mass is 79.9. The van der Waals surface area contributed by atoms with Gasteiger partial charge in [0.2, 0.25) is 5.91 Å². The Morgan fingerprint density at radius 3 is 2.94 bits per heavy atom. The monoisotopic (exact) mass is 299 g/mol. The number of carbonyl (C=O) groups excluding carboxylic acids is 1. The number of nitrogens with zero attached hydrogens (tertiary/aromatic N) is 2. The Morgan fingerprint density at radius 2 is 2.41 bits per heavy atom. The molecule has 0 saturated heterocycles. The minimum Gasteiger partial charge on any atom is -0.489 e. The molecular weight excluding hydrogens is 286 g/mol. The molecular formula is C11H14BrN3O2. The van der Waals surface area contributed by atoms with Gasteiger partial charge in [0.1, 0.15) is 5.82 Å². The highest BCUT2D eigenvalue weighted by Crippen LogP contribution is 2.31. The van der Waals surface area contributed by atoms with Gasteiger partial charge in [-0.25, -0.2) is 9.97 Å². The molecule has 0 radical (unpaired) electrons. The van der Waals surface area contributed by atoms with Gasteiger partial charge in [0.25, 0.3) is 0 Å². The molecule has 17 heavy (non-hydrogen) atoms. The number of carbonyl (C=O) groups is 1. The molecule has 6 heteroatoms. The van der Waals surface area contributed by atoms with Crippen molar-refractivity contribution in [3.63, 3.8) is 0 Å². The topological polar surface area (TPSA) is 78.1 Å². The van der Waals surface area contributed by atoms with E-state index in [1.165, 1.54) is 12.8 Å². The van der Waals surface area contributed by atoms with Crippen LogP contribution in [0.4, 0.5) is 0 Å². The zero-order valence-electron chi connectivity index (χ0n) is 9.52. The van der Waals surface area contributed by atoms with Gasteiger partial charge in [0, 0.05) is 0 Å². The number of aromatic nitrogens is 2. The van der Waals surface area contributed by atoms with Crippen molar-refractivity contribution in [2.75, 3.05) is 6.61 Å². The molecule has 1 saturated carbocycles. The lowest BCUT2D eigenvalue weighted by Gasteiger charge is -2.09. The summed E-state index contributed by atoms with van der Waals surface area (Å²) in [6.45, 7) is 2.38. The Bertz CT molecular complexity index is 435. The molecule has 0 spiro atoms. The summed E-state index contributed by atoms with van der Waals surface area (Å²) in [5, 5.41) is 0. The van der Waals surface area contributed by atoms with Crippen LogP contribution >= 0.6 is 15.9 Å². The molecule has 5 nitrogen and oxygen atoms in total. The Balaban J connectivity index is 2.07. The van der Waals surface area contributed by atoms with Crippen LogP contribution in [-0.4, -0.2) is 22.5 Å². The van der Waals surface area contributed by atoms with Gasteiger partial charge in [0.15, 0.2) is 10.4 Å². The summed E-state index contributed by atoms with van der Waals surface area (Å²) < 4.78 is 6.13. The Labute approximate surface area is 108 Å². The van der Waals surface area contributed by atoms with Gasteiger partial charge in [-0.3, -0.25) is 4.79 Å². The van der Waals surface area contributed by atoms with E-state index in [9.17, 15) is 4.79 Å². The number of hydrogen-bond acceptors (Lipinski definition) is 4. The normalized spacial score (nSPS) is 16.6. The van der Waals surface area contributed by atoms with E-state index < -0.39 is 11.8 Å². The minimum absolute atomic E-state index is 0.406. The number of halogens is 1. The highest BCUT2D eigenvalue weighted by Gasteiger charge is 2.23. The molecule has 0 bridgehead atoms. The van der Waals surface area contributed by atoms with Crippen molar-refractivity contribution in [2.24, 2.45) is 11.7 Å². The molecule has 1 heterocycles. The van der Waals surface area contributed by atoms with Crippen LogP contribution in [0.5, 0.6) is 5.75 Å². The fourth-order valence-electron chi connectivity index (χ4n) is 1.29. The fourth-order valence-corrected chi connectivity index (χ4v) is 1.69. The molecule has 2 rings (SSSR count). The molecule has 1 aliphatic carbocycles. The van der Waals surface area contributed by atoms with Crippen LogP contribution in [0.1, 0.15) is 31.5 Å². The molecule has 1 unspecified atom stereocenters. The Kier molecular flexibility index (Phi) is 3.61. The average Bonchev–Trinajstić information content (AvgIpc) is 3.10. The molecule has 0 aliphatic heterocycles. The summed E-state index contributed by atoms with van der Waals surface area (Å²) in [6.07, 6.45) is 4.04. The molecule has 1 fully saturated rings. The maximum atomic E-state index is 11.0. The summed E-state index contributed by atoms with van der Waals surface area (Å²) in [6, 6.07) is 0. The summed E-state index contributed by atoms with van der Waals surface area (Å²) in [7, 11) is 0. The predicted octanol–water partition coefficient (Wildman–Crippen LogP) is 1.62. The largest absolute Gasteiger partial charge is 0.489 e. The van der Waals surface area contributed by atoms with Gasteiger partial charge >= 0.3 is 0 Å². The van der Waals surface area contributed by atoms with Gasteiger partial charge in [-0.15, -0.1) is 0 Å². The van der Waals surface area contributed by atoms with Crippen LogP contribution in [0.3, 0.4) is 0 Å². The first-order valence-corrected chi connectivity index (χ1v) is 6.31. The summed E-state index contributed by atoms with van der Waals surface area (Å²) in [4.78, 5) is 19.3. The zero-order chi connectivity index (χ0) is 12.4. The van der Waals surface area contributed by atoms with Crippen LogP contribution < -0.4 is 10.5 Å². The van der Waals surface area contributed by atoms with Crippen LogP contribution in [-0.2, 0) is 4.79 Å². The number of primary amides is 1. The standard InChI is InChI=1S/C11H14BrN3O2/c1-6(10(13)16)11-14-4-8(9(12)15-11)17-5-7-2-3-7/h4,6-7H,2-3,5H2,1H3,(H2,13,16). The van der Waals surface area contributed by atoms with Crippen LogP contribution in [0.2, 0.25) is 0 Å². The maximum Gasteiger partial charge on any atom is 0.227 e. The Hall–Kier alpha value is -1.17. The van der Waals surface area contributed by atoms with Gasteiger partial charge in [-0.05, 0) is 41.6 Å². The number of hydrogen-bond donors (Lipinski definition) is 1. The van der Waals surface area contributed by atoms with E-state index in [4.69, 9.17) is 10.5 Å². The van der Waals surface area contributed by atoms with Crippen molar-refractivity contribution in [3.8, 4) is 5.75 Å². The second-order valence-electron chi connectivity index (χ2n) is 4.26. The molecule has 1 atom stereocenters. The van der Waals surface area contributed by atoms with Crippen LogP contribution in [0.25, 0.3) is 0 Å². The van der Waals surface area contributed by atoms with Gasteiger partial charge < -0.3 is 10.5 Å². The molecule has 1 aromatic heterocycles. The molecule has 2 N–H and O–H groups in total. The van der Waals surface area contributed by atoms with Crippen molar-refractivity contribution >= 4 is 21.8 Å². The third-order valence-corrected chi connectivity index (χ3v) is 3.28. The third kappa shape index (κ3) is 3.15. The lowest BCUT2D eigenvalue weighted by atomic mass is 10.1. The summed E-state index contributed by atoms with van der Waals surface area (Å²) in [5.41, 5.74) is 5.20. The van der Waals surface area contributed by atoms with E-state index in [-0.39, 0.29) is 0 Å². The van der Waals surface area contributed by atoms with Gasteiger partial charge in [-0.1, -0.05) is 0 Å². The van der Waals surface area contributed by atoms with E-state index in [0.717, 1.165) is 0 Å². The van der Waals surface area contributed by atoms with Crippen molar-refractivity contribution in [2.45, 2.75) is 25.7 Å². The number of ether oxygens (including phenoxy) is 1. The summed E-state index contributed by atoms with van der Waals surface area (Å²) in [5.74, 6) is 0.749. The van der Waals surface area contributed by atoms with E-state index in [0.29, 0.717) is 28.7 Å². The third-order valence-electron chi connectivity index (χ3n) is 2.72. The van der Waals surface area contributed by atoms with Crippen molar-refractivity contribution < 1.29 is 9.53 Å². The Morgan fingerprint density at radius 1 is 1.71 bits per heavy atom. The van der Waals surface area contributed by atoms with Crippen molar-refractivity contribution in [1.29, 1.82) is 0 Å². The smallest absolute Gasteiger partial charge is 0.227 e. The van der Waals surface area contributed by atoms with Crippen molar-refractivity contribution in [3.05, 3.63) is 16.6 Å². The fraction of sp³-hybridized carbons (Fsp3) is 0.545. The average molecular weight is 300 g/mol. The minimum atomic E-state index is -0.496. The zero-order valence-corrected chi connectivity index (χ0v) is 11.1. The first kappa shape index (κ1) is 12.3. The SMILES string of the molecule is CC(C(N)=O)c1ncc(OCC2CC2)c(Br)n1. The van der Waals surface area contributed by atoms with E-state index >= 15 is 0 Å². The number of rotatable bonds is 5. The van der Waals surface area contributed by atoms with Crippen LogP contribution in [0.15, 0.2) is 10.8 Å². The van der Waals surface area contributed by atoms with Crippen molar-refractivity contribution in [1.82, 2.24) is 9.97 Å². The molecule has 92 valence electrons. The van der Waals surface area contributed by atoms with E-state index in [1.807, 2.05) is 0 Å². The first-order valence-electron chi connectivity index (χ1n) is 5.52. The lowest BCUT2D eigenvalue weighted by molar-refractivity contribution is -0.119. The van der Waals surface area contributed by atoms with Crippen LogP contribution in [0, 0.1) is 5.92 Å². The lowest BCUT2D eigenvalue weighted by Crippen LogP contribution is -2.20. The first-order chi connectivity index (χ1) is 8.08. The molecule has 0 aromatic carbocycles. The molecule has 1 aliphatic rings. The maximum absolute atomic E-state index is 11.0. The second-order valence-corrected chi connectivity index (χ2v) is 5.01. The highest BCUT2D eigenvalue weighted by molar-refractivity contribution is 9.10. The van der Waals surface area contributed by atoms with E-state index in [1.54, 1.807) is 13.1 Å². The van der Waals surface area contributed by atoms with Gasteiger partial charge in [-0.2, -0.15) is 0 Å². The number of amides is 1. The molecule has 1 aromatic rings.